The summed E-state index contributed by atoms with van der Waals surface area (Å²) in [4.78, 5) is 14.4. The van der Waals surface area contributed by atoms with Crippen molar-refractivity contribution in [3.05, 3.63) is 59.9 Å². The number of sulfonamides is 1. The van der Waals surface area contributed by atoms with Gasteiger partial charge in [0.25, 0.3) is 0 Å². The van der Waals surface area contributed by atoms with Gasteiger partial charge in [0.05, 0.1) is 11.4 Å². The van der Waals surface area contributed by atoms with E-state index in [1.54, 1.807) is 24.1 Å². The Morgan fingerprint density at radius 2 is 1.79 bits per heavy atom. The van der Waals surface area contributed by atoms with Crippen LogP contribution in [-0.2, 0) is 23.0 Å². The largest absolute Gasteiger partial charge is 0.461 e. The van der Waals surface area contributed by atoms with Crippen molar-refractivity contribution in [1.82, 2.24) is 9.21 Å². The highest BCUT2D eigenvalue weighted by Crippen LogP contribution is 2.27. The summed E-state index contributed by atoms with van der Waals surface area (Å²) in [6, 6.07) is 13.6. The number of hydrogen-bond donors (Lipinski definition) is 1. The highest BCUT2D eigenvalue weighted by molar-refractivity contribution is 7.89. The van der Waals surface area contributed by atoms with Gasteiger partial charge in [0, 0.05) is 44.2 Å². The van der Waals surface area contributed by atoms with Crippen LogP contribution in [0.3, 0.4) is 0 Å². The standard InChI is InChI=1S/C21H25N3O4S/c1-5-19-18(17-11-6-7-12-20(17)28-19)14-24(4)21(25)22-15-9-8-10-16(13-15)29(26,27)23(2)3/h6-13H,5,14H2,1-4H3,(H,22,25). The number of aryl methyl sites for hydroxylation is 1. The Morgan fingerprint density at radius 1 is 1.07 bits per heavy atom. The summed E-state index contributed by atoms with van der Waals surface area (Å²) in [5.74, 6) is 0.852. The Hall–Kier alpha value is -2.84. The van der Waals surface area contributed by atoms with E-state index in [-0.39, 0.29) is 10.9 Å². The number of para-hydroxylation sites is 1. The van der Waals surface area contributed by atoms with Gasteiger partial charge >= 0.3 is 6.03 Å². The molecule has 154 valence electrons. The molecule has 8 heteroatoms. The molecule has 2 aromatic carbocycles. The smallest absolute Gasteiger partial charge is 0.321 e. The first-order valence-electron chi connectivity index (χ1n) is 9.28. The maximum atomic E-state index is 12.7. The minimum absolute atomic E-state index is 0.122. The van der Waals surface area contributed by atoms with Crippen molar-refractivity contribution in [1.29, 1.82) is 0 Å². The van der Waals surface area contributed by atoms with E-state index in [1.807, 2.05) is 31.2 Å². The van der Waals surface area contributed by atoms with Crippen LogP contribution in [0.5, 0.6) is 0 Å². The van der Waals surface area contributed by atoms with Crippen molar-refractivity contribution in [2.75, 3.05) is 26.5 Å². The molecule has 0 bridgehead atoms. The van der Waals surface area contributed by atoms with Crippen LogP contribution in [-0.4, -0.2) is 44.8 Å². The first-order chi connectivity index (χ1) is 13.7. The first-order valence-corrected chi connectivity index (χ1v) is 10.7. The van der Waals surface area contributed by atoms with E-state index < -0.39 is 10.0 Å². The van der Waals surface area contributed by atoms with Crippen molar-refractivity contribution < 1.29 is 17.6 Å². The molecule has 1 aromatic heterocycles. The molecule has 0 spiro atoms. The molecular formula is C21H25N3O4S. The Balaban J connectivity index is 1.79. The predicted molar refractivity (Wildman–Crippen MR) is 113 cm³/mol. The lowest BCUT2D eigenvalue weighted by atomic mass is 10.1. The number of benzene rings is 2. The summed E-state index contributed by atoms with van der Waals surface area (Å²) in [5, 5.41) is 3.75. The number of carbonyl (C=O) groups excluding carboxylic acids is 1. The summed E-state index contributed by atoms with van der Waals surface area (Å²) < 4.78 is 31.6. The van der Waals surface area contributed by atoms with Crippen molar-refractivity contribution >= 4 is 32.7 Å². The molecule has 0 unspecified atom stereocenters. The minimum Gasteiger partial charge on any atom is -0.461 e. The van der Waals surface area contributed by atoms with E-state index >= 15 is 0 Å². The Kier molecular flexibility index (Phi) is 5.95. The van der Waals surface area contributed by atoms with Crippen molar-refractivity contribution in [3.63, 3.8) is 0 Å². The normalized spacial score (nSPS) is 11.8. The maximum absolute atomic E-state index is 12.7. The van der Waals surface area contributed by atoms with Gasteiger partial charge in [0.1, 0.15) is 11.3 Å². The number of nitrogens with one attached hydrogen (secondary N) is 1. The van der Waals surface area contributed by atoms with Gasteiger partial charge in [-0.3, -0.25) is 0 Å². The fourth-order valence-corrected chi connectivity index (χ4v) is 4.03. The third-order valence-corrected chi connectivity index (χ3v) is 6.52. The van der Waals surface area contributed by atoms with Crippen molar-refractivity contribution in [3.8, 4) is 0 Å². The molecule has 2 amide bonds. The average molecular weight is 416 g/mol. The summed E-state index contributed by atoms with van der Waals surface area (Å²) in [6.45, 7) is 2.39. The number of anilines is 1. The van der Waals surface area contributed by atoms with Gasteiger partial charge in [0.2, 0.25) is 10.0 Å². The predicted octanol–water partition coefficient (Wildman–Crippen LogP) is 3.91. The van der Waals surface area contributed by atoms with Crippen LogP contribution < -0.4 is 5.32 Å². The number of hydrogen-bond acceptors (Lipinski definition) is 4. The first kappa shape index (κ1) is 20.9. The van der Waals surface area contributed by atoms with Gasteiger partial charge in [-0.05, 0) is 24.3 Å². The molecule has 3 rings (SSSR count). The molecule has 3 aromatic rings. The van der Waals surface area contributed by atoms with Crippen LogP contribution in [0.25, 0.3) is 11.0 Å². The molecule has 0 saturated carbocycles. The lowest BCUT2D eigenvalue weighted by Crippen LogP contribution is -2.31. The third-order valence-electron chi connectivity index (χ3n) is 4.71. The zero-order valence-electron chi connectivity index (χ0n) is 17.0. The number of fused-ring (bicyclic) bond motifs is 1. The van der Waals surface area contributed by atoms with Gasteiger partial charge in [-0.1, -0.05) is 31.2 Å². The van der Waals surface area contributed by atoms with Crippen molar-refractivity contribution in [2.24, 2.45) is 0 Å². The zero-order chi connectivity index (χ0) is 21.2. The number of nitrogens with zero attached hydrogens (tertiary/aromatic N) is 2. The SMILES string of the molecule is CCc1oc2ccccc2c1CN(C)C(=O)Nc1cccc(S(=O)(=O)N(C)C)c1. The molecule has 1 heterocycles. The number of rotatable bonds is 6. The molecule has 0 aliphatic carbocycles. The highest BCUT2D eigenvalue weighted by Gasteiger charge is 2.20. The van der Waals surface area contributed by atoms with Crippen LogP contribution in [0.15, 0.2) is 57.8 Å². The van der Waals surface area contributed by atoms with E-state index in [0.717, 1.165) is 33.0 Å². The van der Waals surface area contributed by atoms with Gasteiger partial charge in [-0.2, -0.15) is 0 Å². The second kappa shape index (κ2) is 8.26. The molecule has 1 N–H and O–H groups in total. The van der Waals surface area contributed by atoms with E-state index in [4.69, 9.17) is 4.42 Å². The number of urea groups is 1. The molecule has 0 aliphatic rings. The Labute approximate surface area is 171 Å². The fourth-order valence-electron chi connectivity index (χ4n) is 3.08. The number of carbonyl (C=O) groups is 1. The van der Waals surface area contributed by atoms with Gasteiger partial charge < -0.3 is 14.6 Å². The van der Waals surface area contributed by atoms with E-state index in [2.05, 4.69) is 5.32 Å². The second-order valence-corrected chi connectivity index (χ2v) is 9.11. The zero-order valence-corrected chi connectivity index (χ0v) is 17.8. The highest BCUT2D eigenvalue weighted by atomic mass is 32.2. The van der Waals surface area contributed by atoms with Crippen LogP contribution in [0.4, 0.5) is 10.5 Å². The maximum Gasteiger partial charge on any atom is 0.321 e. The lowest BCUT2D eigenvalue weighted by molar-refractivity contribution is 0.220. The van der Waals surface area contributed by atoms with Crippen LogP contribution in [0.1, 0.15) is 18.2 Å². The van der Waals surface area contributed by atoms with Gasteiger partial charge in [-0.15, -0.1) is 0 Å². The van der Waals surface area contributed by atoms with Crippen LogP contribution in [0, 0.1) is 0 Å². The molecule has 0 atom stereocenters. The summed E-state index contributed by atoms with van der Waals surface area (Å²) in [7, 11) is 1.05. The second-order valence-electron chi connectivity index (χ2n) is 6.95. The molecule has 0 fully saturated rings. The summed E-state index contributed by atoms with van der Waals surface area (Å²) in [5.41, 5.74) is 2.19. The molecule has 29 heavy (non-hydrogen) atoms. The average Bonchev–Trinajstić information content (AvgIpc) is 3.05. The minimum atomic E-state index is -3.57. The van der Waals surface area contributed by atoms with E-state index in [9.17, 15) is 13.2 Å². The van der Waals surface area contributed by atoms with Crippen LogP contribution >= 0.6 is 0 Å². The summed E-state index contributed by atoms with van der Waals surface area (Å²) >= 11 is 0. The monoisotopic (exact) mass is 415 g/mol. The van der Waals surface area contributed by atoms with E-state index in [0.29, 0.717) is 12.2 Å². The van der Waals surface area contributed by atoms with Crippen molar-refractivity contribution in [2.45, 2.75) is 24.8 Å². The van der Waals surface area contributed by atoms with E-state index in [1.165, 1.54) is 26.2 Å². The third kappa shape index (κ3) is 4.28. The molecular weight excluding hydrogens is 390 g/mol. The van der Waals surface area contributed by atoms with Gasteiger partial charge in [0.15, 0.2) is 0 Å². The number of furan rings is 1. The lowest BCUT2D eigenvalue weighted by Gasteiger charge is -2.19. The Bertz CT molecular complexity index is 1140. The van der Waals surface area contributed by atoms with Gasteiger partial charge in [-0.25, -0.2) is 17.5 Å². The Morgan fingerprint density at radius 3 is 2.48 bits per heavy atom. The fraction of sp³-hybridized carbons (Fsp3) is 0.286. The number of amides is 2. The topological polar surface area (TPSA) is 82.9 Å². The molecule has 0 aliphatic heterocycles. The van der Waals surface area contributed by atoms with Crippen LogP contribution in [0.2, 0.25) is 0 Å². The molecule has 0 radical (unpaired) electrons. The molecule has 7 nitrogen and oxygen atoms in total. The summed E-state index contributed by atoms with van der Waals surface area (Å²) in [6.07, 6.45) is 0.726. The molecule has 0 saturated heterocycles. The quantitative estimate of drug-likeness (QED) is 0.662.